The van der Waals surface area contributed by atoms with E-state index < -0.39 is 19.3 Å². The number of pyridine rings is 2. The highest BCUT2D eigenvalue weighted by atomic mass is 31.2. The Kier molecular flexibility index (Phi) is 5.83. The lowest BCUT2D eigenvalue weighted by atomic mass is 9.86. The summed E-state index contributed by atoms with van der Waals surface area (Å²) >= 11 is 0. The molecule has 0 spiro atoms. The highest BCUT2D eigenvalue weighted by Crippen LogP contribution is 2.55. The Labute approximate surface area is 207 Å². The predicted octanol–water partition coefficient (Wildman–Crippen LogP) is 2.77. The van der Waals surface area contributed by atoms with Crippen molar-refractivity contribution >= 4 is 24.6 Å². The second-order valence-corrected chi connectivity index (χ2v) is 10.3. The molecule has 1 aromatic carbocycles. The normalized spacial score (nSPS) is 19.5. The van der Waals surface area contributed by atoms with E-state index >= 15 is 0 Å². The zero-order valence-electron chi connectivity index (χ0n) is 19.4. The van der Waals surface area contributed by atoms with Crippen LogP contribution in [-0.4, -0.2) is 38.2 Å². The van der Waals surface area contributed by atoms with Crippen molar-refractivity contribution in [1.82, 2.24) is 14.2 Å². The first-order chi connectivity index (χ1) is 17.3. The van der Waals surface area contributed by atoms with Gasteiger partial charge >= 0.3 is 13.7 Å². The van der Waals surface area contributed by atoms with Crippen LogP contribution >= 0.6 is 7.75 Å². The number of carbonyl (C=O) groups excluding carboxylic acids is 1. The molecule has 1 N–H and O–H groups in total. The predicted molar refractivity (Wildman–Crippen MR) is 132 cm³/mol. The Morgan fingerprint density at radius 1 is 1.25 bits per heavy atom. The number of terminal acetylenes is 2. The lowest BCUT2D eigenvalue weighted by Crippen LogP contribution is -2.46. The number of ether oxygens (including phenoxy) is 1. The van der Waals surface area contributed by atoms with E-state index in [9.17, 15) is 19.0 Å². The zero-order valence-corrected chi connectivity index (χ0v) is 20.3. The van der Waals surface area contributed by atoms with E-state index in [-0.39, 0.29) is 42.8 Å². The highest BCUT2D eigenvalue weighted by molar-refractivity contribution is 7.50. The van der Waals surface area contributed by atoms with Gasteiger partial charge in [-0.05, 0) is 24.6 Å². The number of hydrogen-bond donors (Lipinski definition) is 1. The highest BCUT2D eigenvalue weighted by Gasteiger charge is 2.53. The quantitative estimate of drug-likeness (QED) is 0.243. The van der Waals surface area contributed by atoms with Gasteiger partial charge in [0.05, 0.1) is 42.1 Å². The summed E-state index contributed by atoms with van der Waals surface area (Å²) in [5.41, 5.74) is 0.660. The van der Waals surface area contributed by atoms with Gasteiger partial charge in [-0.1, -0.05) is 37.0 Å². The van der Waals surface area contributed by atoms with Crippen molar-refractivity contribution in [3.63, 3.8) is 0 Å². The monoisotopic (exact) mass is 503 g/mol. The second kappa shape index (κ2) is 8.74. The molecule has 2 aliphatic heterocycles. The van der Waals surface area contributed by atoms with Crippen molar-refractivity contribution < 1.29 is 23.5 Å². The Balaban J connectivity index is 1.69. The van der Waals surface area contributed by atoms with Gasteiger partial charge in [0.1, 0.15) is 6.61 Å². The first-order valence-corrected chi connectivity index (χ1v) is 12.8. The standard InChI is InChI=1S/C26H22N3O6P/c1-4-11-28(12-5-2)36(32,33)35-26(6-3)20-14-22-23-18(13-17-9-7-8-10-21(17)27-23)15-29(22)24(30)19(20)16-34-25(26)31/h1-2,7-10,13-14H,6,11-12,15-16H2,3H3,(H,32,33)/t26-/m0/s1. The molecule has 182 valence electrons. The summed E-state index contributed by atoms with van der Waals surface area (Å²) in [5, 5.41) is 0.940. The number of benzene rings is 1. The van der Waals surface area contributed by atoms with Gasteiger partial charge in [0.2, 0.25) is 5.60 Å². The van der Waals surface area contributed by atoms with Gasteiger partial charge in [-0.25, -0.2) is 14.3 Å². The number of carbonyl (C=O) groups is 1. The smallest absolute Gasteiger partial charge is 0.408 e. The molecule has 2 aliphatic rings. The van der Waals surface area contributed by atoms with Gasteiger partial charge < -0.3 is 14.2 Å². The molecule has 3 aromatic rings. The number of fused-ring (bicyclic) bond motifs is 5. The third-order valence-corrected chi connectivity index (χ3v) is 8.11. The minimum absolute atomic E-state index is 0.0791. The van der Waals surface area contributed by atoms with Crippen LogP contribution in [-0.2, 0) is 37.4 Å². The van der Waals surface area contributed by atoms with Gasteiger partial charge in [0.15, 0.2) is 0 Å². The lowest BCUT2D eigenvalue weighted by molar-refractivity contribution is -0.170. The van der Waals surface area contributed by atoms with Crippen molar-refractivity contribution in [2.24, 2.45) is 0 Å². The van der Waals surface area contributed by atoms with Crippen molar-refractivity contribution in [2.45, 2.75) is 32.1 Å². The molecule has 5 rings (SSSR count). The van der Waals surface area contributed by atoms with Gasteiger partial charge in [-0.3, -0.25) is 9.32 Å². The largest absolute Gasteiger partial charge is 0.458 e. The molecule has 0 saturated heterocycles. The summed E-state index contributed by atoms with van der Waals surface area (Å²) in [5.74, 6) is 3.66. The van der Waals surface area contributed by atoms with Crippen LogP contribution in [0.3, 0.4) is 0 Å². The number of cyclic esters (lactones) is 1. The summed E-state index contributed by atoms with van der Waals surface area (Å²) in [6.45, 7) is 1.07. The van der Waals surface area contributed by atoms with Crippen LogP contribution in [0, 0.1) is 24.7 Å². The van der Waals surface area contributed by atoms with E-state index in [1.54, 1.807) is 17.6 Å². The van der Waals surface area contributed by atoms with Crippen LogP contribution < -0.4 is 5.56 Å². The molecule has 0 aliphatic carbocycles. The maximum Gasteiger partial charge on any atom is 0.408 e. The molecular weight excluding hydrogens is 481 g/mol. The van der Waals surface area contributed by atoms with Crippen LogP contribution in [0.5, 0.6) is 0 Å². The minimum atomic E-state index is -4.69. The number of nitrogens with zero attached hydrogens (tertiary/aromatic N) is 3. The molecular formula is C26H22N3O6P. The van der Waals surface area contributed by atoms with Crippen molar-refractivity contribution in [3.8, 4) is 36.1 Å². The lowest BCUT2D eigenvalue weighted by Gasteiger charge is -2.38. The summed E-state index contributed by atoms with van der Waals surface area (Å²) in [6.07, 6.45) is 10.6. The van der Waals surface area contributed by atoms with Crippen LogP contribution in [0.1, 0.15) is 30.0 Å². The third-order valence-electron chi connectivity index (χ3n) is 6.56. The number of aromatic nitrogens is 2. The van der Waals surface area contributed by atoms with E-state index in [0.29, 0.717) is 17.9 Å². The molecule has 4 heterocycles. The molecule has 2 atom stereocenters. The third kappa shape index (κ3) is 3.57. The minimum Gasteiger partial charge on any atom is -0.458 e. The summed E-state index contributed by atoms with van der Waals surface area (Å²) in [4.78, 5) is 42.3. The first-order valence-electron chi connectivity index (χ1n) is 11.2. The fraction of sp³-hybridized carbons (Fsp3) is 0.269. The van der Waals surface area contributed by atoms with E-state index in [1.165, 1.54) is 0 Å². The van der Waals surface area contributed by atoms with E-state index in [4.69, 9.17) is 27.1 Å². The molecule has 0 fully saturated rings. The number of para-hydroxylation sites is 1. The average molecular weight is 503 g/mol. The summed E-state index contributed by atoms with van der Waals surface area (Å²) < 4.78 is 26.8. The van der Waals surface area contributed by atoms with Crippen molar-refractivity contribution in [2.75, 3.05) is 13.1 Å². The SMILES string of the molecule is C#CCN(CC#C)P(=O)(O)O[C@]1(CC)C(=O)OCc2c1cc1n(c2=O)Cc2cc3ccccc3nc2-1. The Hall–Kier alpha value is -3.72. The van der Waals surface area contributed by atoms with Crippen LogP contribution in [0.25, 0.3) is 22.3 Å². The molecule has 10 heteroatoms. The van der Waals surface area contributed by atoms with Crippen LogP contribution in [0.2, 0.25) is 0 Å². The molecule has 36 heavy (non-hydrogen) atoms. The van der Waals surface area contributed by atoms with Crippen molar-refractivity contribution in [3.05, 3.63) is 63.4 Å². The zero-order chi connectivity index (χ0) is 25.7. The van der Waals surface area contributed by atoms with Crippen molar-refractivity contribution in [1.29, 1.82) is 0 Å². The van der Waals surface area contributed by atoms with Crippen LogP contribution in [0.15, 0.2) is 41.2 Å². The van der Waals surface area contributed by atoms with Gasteiger partial charge in [0.25, 0.3) is 5.56 Å². The maximum absolute atomic E-state index is 13.6. The molecule has 0 amide bonds. The number of hydrogen-bond acceptors (Lipinski definition) is 6. The molecule has 1 unspecified atom stereocenters. The number of esters is 1. The fourth-order valence-corrected chi connectivity index (χ4v) is 6.11. The van der Waals surface area contributed by atoms with E-state index in [2.05, 4.69) is 11.8 Å². The molecule has 0 radical (unpaired) electrons. The van der Waals surface area contributed by atoms with E-state index in [1.807, 2.05) is 30.3 Å². The Bertz CT molecular complexity index is 1600. The summed E-state index contributed by atoms with van der Waals surface area (Å²) in [7, 11) is -4.69. The average Bonchev–Trinajstić information content (AvgIpc) is 3.22. The maximum atomic E-state index is 13.6. The number of rotatable bonds is 6. The van der Waals surface area contributed by atoms with Crippen LogP contribution in [0.4, 0.5) is 0 Å². The topological polar surface area (TPSA) is 111 Å². The van der Waals surface area contributed by atoms with E-state index in [0.717, 1.165) is 21.1 Å². The first kappa shape index (κ1) is 24.0. The molecule has 9 nitrogen and oxygen atoms in total. The van der Waals surface area contributed by atoms with Gasteiger partial charge in [0, 0.05) is 16.5 Å². The second-order valence-electron chi connectivity index (χ2n) is 8.57. The van der Waals surface area contributed by atoms with Gasteiger partial charge in [-0.15, -0.1) is 12.8 Å². The Morgan fingerprint density at radius 2 is 1.97 bits per heavy atom. The summed E-state index contributed by atoms with van der Waals surface area (Å²) in [6, 6.07) is 11.2. The Morgan fingerprint density at radius 3 is 2.67 bits per heavy atom. The molecule has 2 aromatic heterocycles. The molecule has 0 saturated carbocycles. The molecule has 0 bridgehead atoms. The fourth-order valence-electron chi connectivity index (χ4n) is 4.77. The van der Waals surface area contributed by atoms with Gasteiger partial charge in [-0.2, -0.15) is 4.67 Å².